The van der Waals surface area contributed by atoms with E-state index in [0.717, 1.165) is 10.0 Å². The number of carbonyl (C=O) groups is 2. The van der Waals surface area contributed by atoms with Crippen LogP contribution in [0.25, 0.3) is 11.4 Å². The van der Waals surface area contributed by atoms with Crippen molar-refractivity contribution < 1.29 is 9.59 Å². The van der Waals surface area contributed by atoms with Gasteiger partial charge in [0.15, 0.2) is 5.82 Å². The van der Waals surface area contributed by atoms with Crippen molar-refractivity contribution in [3.63, 3.8) is 0 Å². The second-order valence-electron chi connectivity index (χ2n) is 5.56. The van der Waals surface area contributed by atoms with Crippen LogP contribution in [0.15, 0.2) is 58.4 Å². The van der Waals surface area contributed by atoms with Gasteiger partial charge in [-0.05, 0) is 36.4 Å². The van der Waals surface area contributed by atoms with Gasteiger partial charge in [-0.2, -0.15) is 0 Å². The molecule has 130 valence electrons. The summed E-state index contributed by atoms with van der Waals surface area (Å²) in [6.45, 7) is 0. The van der Waals surface area contributed by atoms with E-state index in [9.17, 15) is 9.59 Å². The number of hydrogen-bond donors (Lipinski definition) is 1. The van der Waals surface area contributed by atoms with E-state index in [1.54, 1.807) is 36.7 Å². The summed E-state index contributed by atoms with van der Waals surface area (Å²) in [5.41, 5.74) is 1.42. The van der Waals surface area contributed by atoms with Gasteiger partial charge in [-0.3, -0.25) is 19.7 Å². The minimum Gasteiger partial charge on any atom is -0.274 e. The van der Waals surface area contributed by atoms with Gasteiger partial charge in [0.25, 0.3) is 0 Å². The van der Waals surface area contributed by atoms with Crippen LogP contribution in [0.2, 0.25) is 0 Å². The first-order valence-corrected chi connectivity index (χ1v) is 9.41. The number of pyridine rings is 1. The monoisotopic (exact) mass is 429 g/mol. The van der Waals surface area contributed by atoms with E-state index < -0.39 is 5.25 Å². The van der Waals surface area contributed by atoms with Crippen molar-refractivity contribution in [2.45, 2.75) is 16.8 Å². The Hall–Kier alpha value is -2.52. The van der Waals surface area contributed by atoms with E-state index >= 15 is 0 Å². The number of aromatic nitrogens is 4. The smallest absolute Gasteiger partial charge is 0.247 e. The third-order valence-electron chi connectivity index (χ3n) is 3.86. The zero-order valence-corrected chi connectivity index (χ0v) is 15.7. The van der Waals surface area contributed by atoms with Gasteiger partial charge in [0.05, 0.1) is 5.69 Å². The van der Waals surface area contributed by atoms with Crippen molar-refractivity contribution in [2.75, 3.05) is 4.90 Å². The summed E-state index contributed by atoms with van der Waals surface area (Å²) in [6, 6.07) is 10.7. The summed E-state index contributed by atoms with van der Waals surface area (Å²) in [4.78, 5) is 34.6. The summed E-state index contributed by atoms with van der Waals surface area (Å²) in [5, 5.41) is 6.89. The molecule has 1 aromatic carbocycles. The van der Waals surface area contributed by atoms with E-state index in [1.165, 1.54) is 16.7 Å². The number of nitrogens with one attached hydrogen (secondary N) is 1. The molecule has 9 heteroatoms. The first kappa shape index (κ1) is 16.9. The molecule has 0 aliphatic carbocycles. The molecule has 0 unspecified atom stereocenters. The molecule has 0 radical (unpaired) electrons. The lowest BCUT2D eigenvalue weighted by atomic mass is 10.3. The highest BCUT2D eigenvalue weighted by Gasteiger charge is 2.40. The van der Waals surface area contributed by atoms with Crippen LogP contribution in [0, 0.1) is 0 Å². The minimum absolute atomic E-state index is 0.124. The molecule has 1 aliphatic heterocycles. The molecule has 1 atom stereocenters. The van der Waals surface area contributed by atoms with E-state index in [4.69, 9.17) is 0 Å². The van der Waals surface area contributed by atoms with E-state index in [-0.39, 0.29) is 18.2 Å². The maximum Gasteiger partial charge on any atom is 0.247 e. The maximum atomic E-state index is 12.7. The van der Waals surface area contributed by atoms with Crippen molar-refractivity contribution in [3.8, 4) is 11.4 Å². The average molecular weight is 430 g/mol. The van der Waals surface area contributed by atoms with Gasteiger partial charge < -0.3 is 0 Å². The van der Waals surface area contributed by atoms with Crippen molar-refractivity contribution in [3.05, 3.63) is 53.3 Å². The molecular formula is C17H12BrN5O2S. The van der Waals surface area contributed by atoms with Crippen LogP contribution >= 0.6 is 27.7 Å². The summed E-state index contributed by atoms with van der Waals surface area (Å²) < 4.78 is 0.885. The molecule has 0 spiro atoms. The Balaban J connectivity index is 1.51. The van der Waals surface area contributed by atoms with Gasteiger partial charge in [-0.25, -0.2) is 9.88 Å². The SMILES string of the molecule is O=C1C[C@H](Sc2n[nH]c(-c3ccncc3)n2)C(=O)N1c1ccc(Br)cc1. The molecule has 1 fully saturated rings. The molecule has 26 heavy (non-hydrogen) atoms. The van der Waals surface area contributed by atoms with Crippen molar-refractivity contribution in [1.82, 2.24) is 20.2 Å². The predicted octanol–water partition coefficient (Wildman–Crippen LogP) is 3.05. The second-order valence-corrected chi connectivity index (χ2v) is 7.64. The van der Waals surface area contributed by atoms with E-state index in [1.807, 2.05) is 12.1 Å². The Labute approximate surface area is 161 Å². The highest BCUT2D eigenvalue weighted by molar-refractivity contribution is 9.10. The third kappa shape index (κ3) is 3.27. The molecule has 7 nitrogen and oxygen atoms in total. The number of benzene rings is 1. The van der Waals surface area contributed by atoms with Gasteiger partial charge in [0, 0.05) is 28.9 Å². The van der Waals surface area contributed by atoms with Gasteiger partial charge in [0.1, 0.15) is 5.25 Å². The second kappa shape index (κ2) is 7.00. The molecule has 0 bridgehead atoms. The number of anilines is 1. The Bertz CT molecular complexity index is 961. The van der Waals surface area contributed by atoms with Crippen LogP contribution < -0.4 is 4.90 Å². The fourth-order valence-electron chi connectivity index (χ4n) is 2.62. The molecular weight excluding hydrogens is 418 g/mol. The number of halogens is 1. The minimum atomic E-state index is -0.535. The number of amides is 2. The lowest BCUT2D eigenvalue weighted by Crippen LogP contribution is -2.31. The zero-order valence-electron chi connectivity index (χ0n) is 13.3. The molecule has 1 aliphatic rings. The Morgan fingerprint density at radius 3 is 2.58 bits per heavy atom. The first-order chi connectivity index (χ1) is 12.6. The largest absolute Gasteiger partial charge is 0.274 e. The van der Waals surface area contributed by atoms with Crippen LogP contribution in [0.5, 0.6) is 0 Å². The fraction of sp³-hybridized carbons (Fsp3) is 0.118. The molecule has 0 saturated carbocycles. The average Bonchev–Trinajstić information content (AvgIpc) is 3.22. The van der Waals surface area contributed by atoms with E-state index in [2.05, 4.69) is 36.1 Å². The normalized spacial score (nSPS) is 17.1. The first-order valence-electron chi connectivity index (χ1n) is 7.73. The molecule has 1 N–H and O–H groups in total. The number of H-pyrrole nitrogens is 1. The number of hydrogen-bond acceptors (Lipinski definition) is 6. The van der Waals surface area contributed by atoms with Crippen molar-refractivity contribution >= 4 is 45.2 Å². The number of carbonyl (C=O) groups excluding carboxylic acids is 2. The number of nitrogens with zero attached hydrogens (tertiary/aromatic N) is 4. The molecule has 2 aromatic heterocycles. The summed E-state index contributed by atoms with van der Waals surface area (Å²) in [7, 11) is 0. The number of thioether (sulfide) groups is 1. The molecule has 2 amide bonds. The highest BCUT2D eigenvalue weighted by atomic mass is 79.9. The number of aromatic amines is 1. The van der Waals surface area contributed by atoms with Crippen LogP contribution in [0.3, 0.4) is 0 Å². The quantitative estimate of drug-likeness (QED) is 0.640. The van der Waals surface area contributed by atoms with Crippen molar-refractivity contribution in [2.24, 2.45) is 0 Å². The predicted molar refractivity (Wildman–Crippen MR) is 101 cm³/mol. The lowest BCUT2D eigenvalue weighted by molar-refractivity contribution is -0.121. The maximum absolute atomic E-state index is 12.7. The highest BCUT2D eigenvalue weighted by Crippen LogP contribution is 2.33. The topological polar surface area (TPSA) is 91.8 Å². The van der Waals surface area contributed by atoms with Gasteiger partial charge >= 0.3 is 0 Å². The van der Waals surface area contributed by atoms with Crippen LogP contribution in [-0.4, -0.2) is 37.2 Å². The standard InChI is InChI=1S/C17H12BrN5O2S/c18-11-1-3-12(4-2-11)23-14(24)9-13(16(23)25)26-17-20-15(21-22-17)10-5-7-19-8-6-10/h1-8,13H,9H2,(H,20,21,22)/t13-/m0/s1. The number of rotatable bonds is 4. The zero-order chi connectivity index (χ0) is 18.1. The van der Waals surface area contributed by atoms with Crippen molar-refractivity contribution in [1.29, 1.82) is 0 Å². The molecule has 1 saturated heterocycles. The molecule has 3 heterocycles. The number of imide groups is 1. The van der Waals surface area contributed by atoms with E-state index in [0.29, 0.717) is 16.7 Å². The molecule has 4 rings (SSSR count). The molecule has 3 aromatic rings. The van der Waals surface area contributed by atoms with Gasteiger partial charge in [-0.1, -0.05) is 27.7 Å². The van der Waals surface area contributed by atoms with Crippen LogP contribution in [-0.2, 0) is 9.59 Å². The summed E-state index contributed by atoms with van der Waals surface area (Å²) in [5.74, 6) is 0.119. The Morgan fingerprint density at radius 1 is 1.12 bits per heavy atom. The Morgan fingerprint density at radius 2 is 1.85 bits per heavy atom. The summed E-state index contributed by atoms with van der Waals surface area (Å²) >= 11 is 4.54. The Kier molecular flexibility index (Phi) is 4.56. The fourth-order valence-corrected chi connectivity index (χ4v) is 3.82. The third-order valence-corrected chi connectivity index (χ3v) is 5.43. The summed E-state index contributed by atoms with van der Waals surface area (Å²) in [6.07, 6.45) is 3.46. The van der Waals surface area contributed by atoms with Crippen LogP contribution in [0.1, 0.15) is 6.42 Å². The lowest BCUT2D eigenvalue weighted by Gasteiger charge is -2.14. The van der Waals surface area contributed by atoms with Gasteiger partial charge in [0.2, 0.25) is 17.0 Å². The van der Waals surface area contributed by atoms with Crippen LogP contribution in [0.4, 0.5) is 5.69 Å². The van der Waals surface area contributed by atoms with Gasteiger partial charge in [-0.15, -0.1) is 5.10 Å².